The first-order chi connectivity index (χ1) is 9.98. The lowest BCUT2D eigenvalue weighted by Gasteiger charge is -2.19. The number of benzene rings is 1. The van der Waals surface area contributed by atoms with Crippen molar-refractivity contribution in [1.82, 2.24) is 10.5 Å². The predicted octanol–water partition coefficient (Wildman–Crippen LogP) is 3.42. The van der Waals surface area contributed by atoms with E-state index in [1.165, 1.54) is 5.56 Å². The van der Waals surface area contributed by atoms with Gasteiger partial charge in [0.25, 0.3) is 0 Å². The summed E-state index contributed by atoms with van der Waals surface area (Å²) in [5.41, 5.74) is 3.30. The molecule has 4 heteroatoms. The zero-order valence-corrected chi connectivity index (χ0v) is 13.3. The third kappa shape index (κ3) is 4.99. The molecule has 0 bridgehead atoms. The first-order valence-corrected chi connectivity index (χ1v) is 7.27. The van der Waals surface area contributed by atoms with Gasteiger partial charge in [-0.1, -0.05) is 29.4 Å². The van der Waals surface area contributed by atoms with E-state index in [1.54, 1.807) is 7.11 Å². The number of ether oxygens (including phenoxy) is 1. The molecule has 4 nitrogen and oxygen atoms in total. The molecule has 1 heterocycles. The summed E-state index contributed by atoms with van der Waals surface area (Å²) in [4.78, 5) is 0. The van der Waals surface area contributed by atoms with Crippen LogP contribution >= 0.6 is 0 Å². The van der Waals surface area contributed by atoms with Crippen molar-refractivity contribution in [1.29, 1.82) is 0 Å². The first-order valence-electron chi connectivity index (χ1n) is 7.27. The Labute approximate surface area is 126 Å². The molecule has 0 spiro atoms. The summed E-state index contributed by atoms with van der Waals surface area (Å²) in [5.74, 6) is 0.805. The number of aromatic nitrogens is 1. The SMILES string of the molecule is COCCc1ccc(-c2cc(CNC(C)(C)C)no2)cc1. The minimum Gasteiger partial charge on any atom is -0.384 e. The van der Waals surface area contributed by atoms with E-state index in [2.05, 4.69) is 55.5 Å². The van der Waals surface area contributed by atoms with Crippen molar-refractivity contribution in [2.24, 2.45) is 0 Å². The molecule has 0 atom stereocenters. The van der Waals surface area contributed by atoms with Crippen LogP contribution in [0.5, 0.6) is 0 Å². The summed E-state index contributed by atoms with van der Waals surface area (Å²) in [6, 6.07) is 10.3. The van der Waals surface area contributed by atoms with Crippen LogP contribution in [-0.4, -0.2) is 24.4 Å². The summed E-state index contributed by atoms with van der Waals surface area (Å²) in [6.45, 7) is 7.84. The van der Waals surface area contributed by atoms with E-state index in [0.717, 1.165) is 30.0 Å². The first kappa shape index (κ1) is 15.7. The standard InChI is InChI=1S/C17H24N2O2/c1-17(2,3)18-12-15-11-16(21-19-15)14-7-5-13(6-8-14)9-10-20-4/h5-8,11,18H,9-10,12H2,1-4H3. The summed E-state index contributed by atoms with van der Waals surface area (Å²) in [7, 11) is 1.72. The lowest BCUT2D eigenvalue weighted by atomic mass is 10.1. The van der Waals surface area contributed by atoms with Crippen molar-refractivity contribution in [2.45, 2.75) is 39.3 Å². The quantitative estimate of drug-likeness (QED) is 0.884. The lowest BCUT2D eigenvalue weighted by molar-refractivity contribution is 0.202. The van der Waals surface area contributed by atoms with Crippen LogP contribution < -0.4 is 5.32 Å². The molecule has 1 aromatic heterocycles. The second kappa shape index (κ2) is 6.87. The maximum atomic E-state index is 5.42. The van der Waals surface area contributed by atoms with Crippen LogP contribution in [0.4, 0.5) is 0 Å². The molecule has 2 aromatic rings. The number of hydrogen-bond donors (Lipinski definition) is 1. The van der Waals surface area contributed by atoms with E-state index in [1.807, 2.05) is 6.07 Å². The number of hydrogen-bond acceptors (Lipinski definition) is 4. The van der Waals surface area contributed by atoms with Gasteiger partial charge >= 0.3 is 0 Å². The minimum absolute atomic E-state index is 0.0715. The van der Waals surface area contributed by atoms with E-state index >= 15 is 0 Å². The maximum absolute atomic E-state index is 5.42. The van der Waals surface area contributed by atoms with Crippen LogP contribution in [0.3, 0.4) is 0 Å². The fourth-order valence-electron chi connectivity index (χ4n) is 1.94. The predicted molar refractivity (Wildman–Crippen MR) is 84.1 cm³/mol. The van der Waals surface area contributed by atoms with Gasteiger partial charge in [0.2, 0.25) is 0 Å². The van der Waals surface area contributed by atoms with E-state index in [-0.39, 0.29) is 5.54 Å². The highest BCUT2D eigenvalue weighted by molar-refractivity contribution is 5.57. The molecule has 2 rings (SSSR count). The Bertz CT molecular complexity index is 553. The van der Waals surface area contributed by atoms with Crippen LogP contribution in [0.25, 0.3) is 11.3 Å². The number of methoxy groups -OCH3 is 1. The van der Waals surface area contributed by atoms with E-state index < -0.39 is 0 Å². The van der Waals surface area contributed by atoms with Gasteiger partial charge in [0, 0.05) is 30.8 Å². The summed E-state index contributed by atoms with van der Waals surface area (Å²) >= 11 is 0. The van der Waals surface area contributed by atoms with Gasteiger partial charge in [0.15, 0.2) is 5.76 Å². The van der Waals surface area contributed by atoms with E-state index in [9.17, 15) is 0 Å². The highest BCUT2D eigenvalue weighted by atomic mass is 16.5. The monoisotopic (exact) mass is 288 g/mol. The lowest BCUT2D eigenvalue weighted by Crippen LogP contribution is -2.35. The summed E-state index contributed by atoms with van der Waals surface area (Å²) in [6.07, 6.45) is 0.925. The average molecular weight is 288 g/mol. The summed E-state index contributed by atoms with van der Waals surface area (Å²) in [5, 5.41) is 7.51. The Morgan fingerprint density at radius 1 is 1.19 bits per heavy atom. The third-order valence-electron chi connectivity index (χ3n) is 3.19. The van der Waals surface area contributed by atoms with Crippen LogP contribution in [0, 0.1) is 0 Å². The van der Waals surface area contributed by atoms with Crippen LogP contribution in [-0.2, 0) is 17.7 Å². The van der Waals surface area contributed by atoms with Crippen LogP contribution in [0.15, 0.2) is 34.9 Å². The van der Waals surface area contributed by atoms with Crippen LogP contribution in [0.1, 0.15) is 32.0 Å². The zero-order chi connectivity index (χ0) is 15.3. The molecular weight excluding hydrogens is 264 g/mol. The number of nitrogens with zero attached hydrogens (tertiary/aromatic N) is 1. The second-order valence-electron chi connectivity index (χ2n) is 6.23. The van der Waals surface area contributed by atoms with Gasteiger partial charge in [-0.3, -0.25) is 0 Å². The van der Waals surface area contributed by atoms with Crippen molar-refractivity contribution in [3.05, 3.63) is 41.6 Å². The van der Waals surface area contributed by atoms with Gasteiger partial charge in [0.05, 0.1) is 12.3 Å². The van der Waals surface area contributed by atoms with E-state index in [0.29, 0.717) is 6.54 Å². The molecule has 0 saturated heterocycles. The molecule has 0 aliphatic heterocycles. The highest BCUT2D eigenvalue weighted by Crippen LogP contribution is 2.21. The topological polar surface area (TPSA) is 47.3 Å². The molecule has 0 fully saturated rings. The van der Waals surface area contributed by atoms with Crippen molar-refractivity contribution < 1.29 is 9.26 Å². The van der Waals surface area contributed by atoms with Gasteiger partial charge in [-0.05, 0) is 32.8 Å². The molecule has 0 amide bonds. The van der Waals surface area contributed by atoms with Crippen molar-refractivity contribution in [3.63, 3.8) is 0 Å². The zero-order valence-electron chi connectivity index (χ0n) is 13.3. The Balaban J connectivity index is 2.00. The number of rotatable bonds is 6. The van der Waals surface area contributed by atoms with Gasteiger partial charge < -0.3 is 14.6 Å². The Kier molecular flexibility index (Phi) is 5.15. The second-order valence-corrected chi connectivity index (χ2v) is 6.23. The fraction of sp³-hybridized carbons (Fsp3) is 0.471. The smallest absolute Gasteiger partial charge is 0.167 e. The van der Waals surface area contributed by atoms with Gasteiger partial charge in [-0.25, -0.2) is 0 Å². The average Bonchev–Trinajstić information content (AvgIpc) is 2.92. The van der Waals surface area contributed by atoms with E-state index in [4.69, 9.17) is 9.26 Å². The fourth-order valence-corrected chi connectivity index (χ4v) is 1.94. The molecule has 0 aliphatic carbocycles. The van der Waals surface area contributed by atoms with Gasteiger partial charge in [0.1, 0.15) is 0 Å². The third-order valence-corrected chi connectivity index (χ3v) is 3.19. The van der Waals surface area contributed by atoms with Crippen molar-refractivity contribution in [2.75, 3.05) is 13.7 Å². The highest BCUT2D eigenvalue weighted by Gasteiger charge is 2.11. The van der Waals surface area contributed by atoms with Crippen molar-refractivity contribution >= 4 is 0 Å². The van der Waals surface area contributed by atoms with Gasteiger partial charge in [-0.15, -0.1) is 0 Å². The Morgan fingerprint density at radius 2 is 1.90 bits per heavy atom. The molecule has 114 valence electrons. The summed E-state index contributed by atoms with van der Waals surface area (Å²) < 4.78 is 10.5. The van der Waals surface area contributed by atoms with Crippen molar-refractivity contribution in [3.8, 4) is 11.3 Å². The minimum atomic E-state index is 0.0715. The Morgan fingerprint density at radius 3 is 2.52 bits per heavy atom. The largest absolute Gasteiger partial charge is 0.384 e. The molecular formula is C17H24N2O2. The molecule has 0 saturated carbocycles. The molecule has 0 unspecified atom stereocenters. The molecule has 1 N–H and O–H groups in total. The molecule has 1 aromatic carbocycles. The Hall–Kier alpha value is -1.65. The van der Waals surface area contributed by atoms with Crippen LogP contribution in [0.2, 0.25) is 0 Å². The molecule has 21 heavy (non-hydrogen) atoms. The molecule has 0 aliphatic rings. The number of nitrogens with one attached hydrogen (secondary N) is 1. The normalized spacial score (nSPS) is 11.8. The molecule has 0 radical (unpaired) electrons. The van der Waals surface area contributed by atoms with Gasteiger partial charge in [-0.2, -0.15) is 0 Å². The maximum Gasteiger partial charge on any atom is 0.167 e.